The van der Waals surface area contributed by atoms with Crippen LogP contribution in [0.4, 0.5) is 0 Å². The number of aliphatic carboxylic acids is 2. The number of carbonyl (C=O) groups is 2. The van der Waals surface area contributed by atoms with E-state index in [9.17, 15) is 9.59 Å². The van der Waals surface area contributed by atoms with Gasteiger partial charge < -0.3 is 20.4 Å². The molecule has 0 aromatic rings. The number of hydrogen-bond donors (Lipinski definition) is 4. The number of aliphatic hydroxyl groups excluding tert-OH is 2. The number of unbranched alkanes of at least 4 members (excludes halogenated alkanes) is 4. The Morgan fingerprint density at radius 1 is 0.611 bits per heavy atom. The Labute approximate surface area is 107 Å². The van der Waals surface area contributed by atoms with Gasteiger partial charge in [-0.25, -0.2) is 0 Å². The molecule has 0 aromatic carbocycles. The molecule has 0 radical (unpaired) electrons. The molecule has 0 rings (SSSR count). The number of carboxylic acids is 2. The van der Waals surface area contributed by atoms with E-state index in [0.29, 0.717) is 12.8 Å². The van der Waals surface area contributed by atoms with Crippen molar-refractivity contribution in [1.82, 2.24) is 0 Å². The van der Waals surface area contributed by atoms with Crippen molar-refractivity contribution in [3.05, 3.63) is 0 Å². The number of carboxylic acid groups (broad SMARTS) is 2. The summed E-state index contributed by atoms with van der Waals surface area (Å²) in [5, 5.41) is 32.8. The average molecular weight is 264 g/mol. The molecule has 0 spiro atoms. The minimum absolute atomic E-state index is 0.0906. The molecule has 0 atom stereocenters. The van der Waals surface area contributed by atoms with Gasteiger partial charge in [-0.3, -0.25) is 9.59 Å². The Hall–Kier alpha value is -1.14. The quantitative estimate of drug-likeness (QED) is 0.441. The van der Waals surface area contributed by atoms with Crippen LogP contribution in [0.15, 0.2) is 0 Å². The molecule has 6 heteroatoms. The highest BCUT2D eigenvalue weighted by atomic mass is 16.4. The van der Waals surface area contributed by atoms with Crippen molar-refractivity contribution in [1.29, 1.82) is 0 Å². The van der Waals surface area contributed by atoms with Crippen LogP contribution in [0.2, 0.25) is 0 Å². The third-order valence-electron chi connectivity index (χ3n) is 2.10. The minimum atomic E-state index is -0.793. The van der Waals surface area contributed by atoms with Gasteiger partial charge >= 0.3 is 11.9 Å². The van der Waals surface area contributed by atoms with Gasteiger partial charge in [-0.1, -0.05) is 12.8 Å². The maximum Gasteiger partial charge on any atom is 0.303 e. The number of aliphatic hydroxyl groups is 2. The second-order valence-corrected chi connectivity index (χ2v) is 3.86. The topological polar surface area (TPSA) is 115 Å². The van der Waals surface area contributed by atoms with Crippen molar-refractivity contribution in [2.75, 3.05) is 13.2 Å². The third-order valence-corrected chi connectivity index (χ3v) is 2.10. The monoisotopic (exact) mass is 264 g/mol. The molecule has 108 valence electrons. The molecule has 0 unspecified atom stereocenters. The minimum Gasteiger partial charge on any atom is -0.481 e. The fraction of sp³-hybridized carbons (Fsp3) is 0.833. The molecule has 0 heterocycles. The highest BCUT2D eigenvalue weighted by Gasteiger charge is 1.95. The first-order valence-corrected chi connectivity index (χ1v) is 6.20. The average Bonchev–Trinajstić information content (AvgIpc) is 2.29. The summed E-state index contributed by atoms with van der Waals surface area (Å²) in [4.78, 5) is 19.8. The van der Waals surface area contributed by atoms with E-state index in [1.165, 1.54) is 0 Å². The van der Waals surface area contributed by atoms with Crippen molar-refractivity contribution in [3.8, 4) is 0 Å². The first kappa shape index (κ1) is 19.2. The van der Waals surface area contributed by atoms with Crippen LogP contribution in [0.5, 0.6) is 0 Å². The van der Waals surface area contributed by atoms with E-state index in [2.05, 4.69) is 0 Å². The van der Waals surface area contributed by atoms with Gasteiger partial charge in [-0.05, 0) is 25.7 Å². The van der Waals surface area contributed by atoms with E-state index in [0.717, 1.165) is 25.7 Å². The fourth-order valence-electron chi connectivity index (χ4n) is 1.13. The molecule has 0 aliphatic carbocycles. The van der Waals surface area contributed by atoms with Gasteiger partial charge in [0.2, 0.25) is 0 Å². The first-order chi connectivity index (χ1) is 8.54. The Balaban J connectivity index is 0. The summed E-state index contributed by atoms with van der Waals surface area (Å²) in [5.41, 5.74) is 0. The van der Waals surface area contributed by atoms with E-state index in [4.69, 9.17) is 20.4 Å². The first-order valence-electron chi connectivity index (χ1n) is 6.20. The van der Waals surface area contributed by atoms with Crippen LogP contribution in [-0.4, -0.2) is 45.6 Å². The smallest absolute Gasteiger partial charge is 0.303 e. The zero-order valence-corrected chi connectivity index (χ0v) is 10.7. The largest absolute Gasteiger partial charge is 0.481 e. The Morgan fingerprint density at radius 2 is 0.944 bits per heavy atom. The fourth-order valence-corrected chi connectivity index (χ4v) is 1.13. The van der Waals surface area contributed by atoms with Gasteiger partial charge in [0.1, 0.15) is 0 Å². The Morgan fingerprint density at radius 3 is 1.33 bits per heavy atom. The molecule has 0 aliphatic rings. The summed E-state index contributed by atoms with van der Waals surface area (Å²) < 4.78 is 0. The van der Waals surface area contributed by atoms with Crippen LogP contribution in [0.25, 0.3) is 0 Å². The second kappa shape index (κ2) is 15.9. The molecule has 6 nitrogen and oxygen atoms in total. The van der Waals surface area contributed by atoms with Crippen molar-refractivity contribution < 1.29 is 30.0 Å². The highest BCUT2D eigenvalue weighted by Crippen LogP contribution is 2.01. The van der Waals surface area contributed by atoms with Crippen LogP contribution < -0.4 is 0 Å². The third kappa shape index (κ3) is 24.2. The van der Waals surface area contributed by atoms with E-state index in [-0.39, 0.29) is 26.1 Å². The van der Waals surface area contributed by atoms with Crippen molar-refractivity contribution in [2.24, 2.45) is 0 Å². The maximum atomic E-state index is 9.98. The number of hydrogen-bond acceptors (Lipinski definition) is 4. The lowest BCUT2D eigenvalue weighted by Gasteiger charge is -1.94. The van der Waals surface area contributed by atoms with Gasteiger partial charge in [0.25, 0.3) is 0 Å². The molecular formula is C12H24O6. The molecule has 0 saturated carbocycles. The normalized spacial score (nSPS) is 9.44. The summed E-state index contributed by atoms with van der Waals surface area (Å²) in [7, 11) is 0. The molecule has 0 amide bonds. The summed E-state index contributed by atoms with van der Waals surface area (Å²) in [6, 6.07) is 0. The molecule has 0 saturated heterocycles. The molecule has 0 fully saturated rings. The van der Waals surface area contributed by atoms with Crippen molar-refractivity contribution in [3.63, 3.8) is 0 Å². The predicted octanol–water partition coefficient (Wildman–Crippen LogP) is 1.25. The molecule has 0 aromatic heterocycles. The second-order valence-electron chi connectivity index (χ2n) is 3.86. The zero-order valence-electron chi connectivity index (χ0n) is 10.7. The molecule has 0 aliphatic heterocycles. The summed E-state index contributed by atoms with van der Waals surface area (Å²) in [6.07, 6.45) is 4.95. The SMILES string of the molecule is O=C(O)CCCCCCO.O=C(O)CCCCO. The molecular weight excluding hydrogens is 240 g/mol. The van der Waals surface area contributed by atoms with E-state index < -0.39 is 11.9 Å². The zero-order chi connectivity index (χ0) is 14.2. The number of rotatable bonds is 10. The van der Waals surface area contributed by atoms with Gasteiger partial charge in [0.15, 0.2) is 0 Å². The predicted molar refractivity (Wildman–Crippen MR) is 66.4 cm³/mol. The van der Waals surface area contributed by atoms with Gasteiger partial charge in [0, 0.05) is 26.1 Å². The Bertz CT molecular complexity index is 205. The van der Waals surface area contributed by atoms with Crippen LogP contribution >= 0.6 is 0 Å². The lowest BCUT2D eigenvalue weighted by Crippen LogP contribution is -1.94. The van der Waals surface area contributed by atoms with Crippen LogP contribution in [0.1, 0.15) is 51.4 Å². The standard InChI is InChI=1S/C7H14O3.C5H10O3/c8-6-4-2-1-3-5-7(9)10;6-4-2-1-3-5(7)8/h8H,1-6H2,(H,9,10);6H,1-4H2,(H,7,8). The maximum absolute atomic E-state index is 9.98. The van der Waals surface area contributed by atoms with Crippen molar-refractivity contribution >= 4 is 11.9 Å². The summed E-state index contributed by atoms with van der Waals surface area (Å²) in [5.74, 6) is -1.53. The van der Waals surface area contributed by atoms with Gasteiger partial charge in [-0.15, -0.1) is 0 Å². The van der Waals surface area contributed by atoms with E-state index in [1.54, 1.807) is 0 Å². The van der Waals surface area contributed by atoms with Crippen LogP contribution in [-0.2, 0) is 9.59 Å². The van der Waals surface area contributed by atoms with E-state index in [1.807, 2.05) is 0 Å². The van der Waals surface area contributed by atoms with Gasteiger partial charge in [-0.2, -0.15) is 0 Å². The van der Waals surface area contributed by atoms with E-state index >= 15 is 0 Å². The summed E-state index contributed by atoms with van der Waals surface area (Å²) in [6.45, 7) is 0.306. The highest BCUT2D eigenvalue weighted by molar-refractivity contribution is 5.66. The molecule has 4 N–H and O–H groups in total. The van der Waals surface area contributed by atoms with Crippen LogP contribution in [0, 0.1) is 0 Å². The summed E-state index contributed by atoms with van der Waals surface area (Å²) >= 11 is 0. The van der Waals surface area contributed by atoms with Gasteiger partial charge in [0.05, 0.1) is 0 Å². The Kier molecular flexibility index (Phi) is 16.9. The lowest BCUT2D eigenvalue weighted by atomic mass is 10.1. The van der Waals surface area contributed by atoms with Crippen molar-refractivity contribution in [2.45, 2.75) is 51.4 Å². The van der Waals surface area contributed by atoms with Crippen LogP contribution in [0.3, 0.4) is 0 Å². The lowest BCUT2D eigenvalue weighted by molar-refractivity contribution is -0.138. The molecule has 18 heavy (non-hydrogen) atoms. The molecule has 0 bridgehead atoms.